The van der Waals surface area contributed by atoms with E-state index in [1.54, 1.807) is 42.5 Å². The summed E-state index contributed by atoms with van der Waals surface area (Å²) in [5, 5.41) is 21.0. The molecule has 0 saturated heterocycles. The number of nitrogens with one attached hydrogen (secondary N) is 2. The lowest BCUT2D eigenvalue weighted by atomic mass is 10.1. The molecular weight excluding hydrogens is 352 g/mol. The largest absolute Gasteiger partial charge is 0.508 e. The second-order valence-electron chi connectivity index (χ2n) is 5.57. The number of nitrogens with zero attached hydrogens (tertiary/aromatic N) is 2. The van der Waals surface area contributed by atoms with Crippen LogP contribution in [0, 0.1) is 0 Å². The van der Waals surface area contributed by atoms with E-state index in [0.29, 0.717) is 28.5 Å². The lowest BCUT2D eigenvalue weighted by Gasteiger charge is -2.04. The van der Waals surface area contributed by atoms with Gasteiger partial charge in [-0.05, 0) is 54.4 Å². The van der Waals surface area contributed by atoms with E-state index in [-0.39, 0.29) is 11.7 Å². The third-order valence-corrected chi connectivity index (χ3v) is 4.04. The van der Waals surface area contributed by atoms with Crippen molar-refractivity contribution in [2.24, 2.45) is 5.10 Å². The Hall–Kier alpha value is -3.12. The second-order valence-corrected chi connectivity index (χ2v) is 6.01. The van der Waals surface area contributed by atoms with Gasteiger partial charge in [-0.25, -0.2) is 5.43 Å². The number of carbonyl (C=O) groups excluding carboxylic acids is 1. The van der Waals surface area contributed by atoms with Gasteiger partial charge in [-0.15, -0.1) is 0 Å². The number of rotatable bonds is 5. The van der Waals surface area contributed by atoms with Crippen molar-refractivity contribution in [3.63, 3.8) is 0 Å². The van der Waals surface area contributed by atoms with Gasteiger partial charge in [0.25, 0.3) is 5.91 Å². The molecule has 0 atom stereocenters. The van der Waals surface area contributed by atoms with Crippen molar-refractivity contribution < 1.29 is 9.90 Å². The lowest BCUT2D eigenvalue weighted by molar-refractivity contribution is 0.0950. The number of hydrazone groups is 1. The lowest BCUT2D eigenvalue weighted by Crippen LogP contribution is -2.20. The fourth-order valence-corrected chi connectivity index (χ4v) is 2.51. The van der Waals surface area contributed by atoms with E-state index in [9.17, 15) is 9.90 Å². The van der Waals surface area contributed by atoms with Gasteiger partial charge in [0.1, 0.15) is 11.4 Å². The number of carbonyl (C=O) groups is 1. The molecule has 0 bridgehead atoms. The average Bonchev–Trinajstić information content (AvgIpc) is 3.14. The molecule has 1 amide bonds. The fraction of sp³-hybridized carbons (Fsp3) is 0.105. The average molecular weight is 369 g/mol. The molecule has 3 aromatic rings. The highest BCUT2D eigenvalue weighted by Gasteiger charge is 2.11. The van der Waals surface area contributed by atoms with E-state index in [1.807, 2.05) is 19.1 Å². The van der Waals surface area contributed by atoms with Crippen LogP contribution in [0.25, 0.3) is 11.3 Å². The van der Waals surface area contributed by atoms with Crippen LogP contribution in [-0.4, -0.2) is 26.9 Å². The monoisotopic (exact) mass is 368 g/mol. The van der Waals surface area contributed by atoms with Crippen molar-refractivity contribution in [2.45, 2.75) is 13.3 Å². The summed E-state index contributed by atoms with van der Waals surface area (Å²) in [5.74, 6) is -0.206. The molecule has 0 saturated carbocycles. The zero-order valence-electron chi connectivity index (χ0n) is 14.0. The molecule has 0 aliphatic rings. The van der Waals surface area contributed by atoms with Gasteiger partial charge in [0, 0.05) is 10.6 Å². The summed E-state index contributed by atoms with van der Waals surface area (Å²) in [6.07, 6.45) is 0.629. The van der Waals surface area contributed by atoms with Crippen LogP contribution in [0.15, 0.2) is 59.7 Å². The number of hydrogen-bond acceptors (Lipinski definition) is 4. The zero-order valence-corrected chi connectivity index (χ0v) is 14.8. The molecule has 0 radical (unpaired) electrons. The number of halogens is 1. The molecule has 3 N–H and O–H groups in total. The predicted molar refractivity (Wildman–Crippen MR) is 101 cm³/mol. The third kappa shape index (κ3) is 4.10. The number of phenolic OH excluding ortho intramolecular Hbond substituents is 1. The summed E-state index contributed by atoms with van der Waals surface area (Å²) in [4.78, 5) is 12.3. The van der Waals surface area contributed by atoms with Crippen LogP contribution in [-0.2, 0) is 0 Å². The van der Waals surface area contributed by atoms with Crippen molar-refractivity contribution in [3.8, 4) is 17.0 Å². The van der Waals surface area contributed by atoms with Gasteiger partial charge >= 0.3 is 0 Å². The molecular formula is C19H17ClN4O2. The van der Waals surface area contributed by atoms with E-state index in [2.05, 4.69) is 20.7 Å². The van der Waals surface area contributed by atoms with Crippen LogP contribution in [0.1, 0.15) is 29.4 Å². The molecule has 1 heterocycles. The smallest absolute Gasteiger partial charge is 0.289 e. The van der Waals surface area contributed by atoms with Crippen LogP contribution in [0.3, 0.4) is 0 Å². The number of amides is 1. The fourth-order valence-electron chi connectivity index (χ4n) is 2.39. The number of H-pyrrole nitrogens is 1. The molecule has 1 aromatic heterocycles. The van der Waals surface area contributed by atoms with Crippen LogP contribution in [0.2, 0.25) is 5.02 Å². The van der Waals surface area contributed by atoms with Gasteiger partial charge in [-0.1, -0.05) is 30.7 Å². The van der Waals surface area contributed by atoms with E-state index < -0.39 is 0 Å². The maximum Gasteiger partial charge on any atom is 0.289 e. The minimum absolute atomic E-state index is 0.181. The molecule has 0 aliphatic carbocycles. The number of aromatic nitrogens is 2. The Kier molecular flexibility index (Phi) is 5.34. The normalized spacial score (nSPS) is 11.4. The zero-order chi connectivity index (χ0) is 18.5. The first kappa shape index (κ1) is 17.7. The van der Waals surface area contributed by atoms with Crippen molar-refractivity contribution in [3.05, 3.63) is 70.9 Å². The number of phenols is 1. The molecule has 0 spiro atoms. The predicted octanol–water partition coefficient (Wildman–Crippen LogP) is 3.98. The molecule has 3 rings (SSSR count). The molecule has 0 fully saturated rings. The Balaban J connectivity index is 1.73. The number of aromatic hydroxyl groups is 1. The minimum atomic E-state index is -0.387. The van der Waals surface area contributed by atoms with Crippen molar-refractivity contribution in [1.29, 1.82) is 0 Å². The van der Waals surface area contributed by atoms with Crippen LogP contribution in [0.4, 0.5) is 0 Å². The first-order valence-corrected chi connectivity index (χ1v) is 8.42. The summed E-state index contributed by atoms with van der Waals surface area (Å²) in [6, 6.07) is 15.5. The Labute approximate surface area is 155 Å². The highest BCUT2D eigenvalue weighted by Crippen LogP contribution is 2.20. The van der Waals surface area contributed by atoms with Gasteiger partial charge in [0.2, 0.25) is 0 Å². The second kappa shape index (κ2) is 7.84. The third-order valence-electron chi connectivity index (χ3n) is 3.79. The topological polar surface area (TPSA) is 90.4 Å². The highest BCUT2D eigenvalue weighted by atomic mass is 35.5. The molecule has 132 valence electrons. The first-order valence-electron chi connectivity index (χ1n) is 8.04. The van der Waals surface area contributed by atoms with Crippen molar-refractivity contribution in [2.75, 3.05) is 0 Å². The number of aromatic amines is 1. The van der Waals surface area contributed by atoms with Crippen LogP contribution >= 0.6 is 11.6 Å². The molecule has 0 aliphatic heterocycles. The quantitative estimate of drug-likeness (QED) is 0.470. The number of hydrogen-bond donors (Lipinski definition) is 3. The summed E-state index contributed by atoms with van der Waals surface area (Å²) in [6.45, 7) is 1.94. The molecule has 26 heavy (non-hydrogen) atoms. The van der Waals surface area contributed by atoms with E-state index in [4.69, 9.17) is 11.6 Å². The Bertz CT molecular complexity index is 931. The Morgan fingerprint density at radius 1 is 1.19 bits per heavy atom. The molecule has 7 heteroatoms. The van der Waals surface area contributed by atoms with Crippen LogP contribution in [0.5, 0.6) is 5.75 Å². The Morgan fingerprint density at radius 3 is 2.54 bits per heavy atom. The maximum absolute atomic E-state index is 12.3. The molecule has 6 nitrogen and oxygen atoms in total. The van der Waals surface area contributed by atoms with E-state index in [1.165, 1.54) is 0 Å². The Morgan fingerprint density at radius 2 is 1.88 bits per heavy atom. The van der Waals surface area contributed by atoms with Gasteiger partial charge < -0.3 is 5.11 Å². The van der Waals surface area contributed by atoms with Gasteiger partial charge in [0.05, 0.1) is 11.4 Å². The van der Waals surface area contributed by atoms with Crippen molar-refractivity contribution >= 4 is 23.2 Å². The summed E-state index contributed by atoms with van der Waals surface area (Å²) in [5.41, 5.74) is 5.87. The van der Waals surface area contributed by atoms with E-state index in [0.717, 1.165) is 11.1 Å². The molecule has 2 aromatic carbocycles. The van der Waals surface area contributed by atoms with Gasteiger partial charge in [-0.3, -0.25) is 9.89 Å². The van der Waals surface area contributed by atoms with E-state index >= 15 is 0 Å². The summed E-state index contributed by atoms with van der Waals surface area (Å²) >= 11 is 5.88. The highest BCUT2D eigenvalue weighted by molar-refractivity contribution is 6.30. The maximum atomic E-state index is 12.3. The SMILES string of the molecule is CC/C(=N/NC(=O)c1cc(-c2ccc(Cl)cc2)n[nH]1)c1ccc(O)cc1. The summed E-state index contributed by atoms with van der Waals surface area (Å²) in [7, 11) is 0. The summed E-state index contributed by atoms with van der Waals surface area (Å²) < 4.78 is 0. The van der Waals surface area contributed by atoms with Crippen LogP contribution < -0.4 is 5.43 Å². The van der Waals surface area contributed by atoms with Gasteiger partial charge in [-0.2, -0.15) is 10.2 Å². The first-order chi connectivity index (χ1) is 12.6. The van der Waals surface area contributed by atoms with Crippen molar-refractivity contribution in [1.82, 2.24) is 15.6 Å². The standard InChI is InChI=1S/C19H17ClN4O2/c1-2-16(12-5-9-15(25)10-6-12)21-24-19(26)18-11-17(22-23-18)13-3-7-14(20)8-4-13/h3-11,25H,2H2,1H3,(H,22,23)(H,24,26)/b21-16-. The molecule has 0 unspecified atom stereocenters. The number of benzene rings is 2. The van der Waals surface area contributed by atoms with Gasteiger partial charge in [0.15, 0.2) is 0 Å². The minimum Gasteiger partial charge on any atom is -0.508 e.